The molecule has 1 fully saturated rings. The van der Waals surface area contributed by atoms with Crippen molar-refractivity contribution in [1.29, 1.82) is 0 Å². The Morgan fingerprint density at radius 2 is 1.71 bits per heavy atom. The van der Waals surface area contributed by atoms with Crippen molar-refractivity contribution in [3.8, 4) is 0 Å². The van der Waals surface area contributed by atoms with Crippen LogP contribution >= 0.6 is 0 Å². The molecule has 186 valence electrons. The largest absolute Gasteiger partial charge is 0.389 e. The van der Waals surface area contributed by atoms with Crippen LogP contribution < -0.4 is 10.6 Å². The summed E-state index contributed by atoms with van der Waals surface area (Å²) in [6.45, 7) is 4.72. The standard InChI is InChI=1S/C26H31FN4O4/c1-26(2,35)16-28-23(32)24(33)30-12-10-18(11-13-30)17-6-8-20(9-7-17)29-25(34)31-14-19-4-3-5-22(27)21(19)15-31/h3-9,18,35H,10-16H2,1-2H3,(H,28,32)(H,29,34). The third kappa shape index (κ3) is 5.97. The van der Waals surface area contributed by atoms with Gasteiger partial charge in [-0.1, -0.05) is 24.3 Å². The van der Waals surface area contributed by atoms with Crippen molar-refractivity contribution in [3.63, 3.8) is 0 Å². The zero-order chi connectivity index (χ0) is 25.2. The molecule has 2 aliphatic heterocycles. The van der Waals surface area contributed by atoms with E-state index in [1.165, 1.54) is 6.07 Å². The van der Waals surface area contributed by atoms with Crippen LogP contribution in [0.3, 0.4) is 0 Å². The minimum atomic E-state index is -1.08. The molecule has 0 radical (unpaired) electrons. The molecule has 2 heterocycles. The lowest BCUT2D eigenvalue weighted by Gasteiger charge is -2.32. The fraction of sp³-hybridized carbons (Fsp3) is 0.423. The summed E-state index contributed by atoms with van der Waals surface area (Å²) in [5.41, 5.74) is 2.09. The molecule has 2 aliphatic rings. The number of hydrogen-bond donors (Lipinski definition) is 3. The van der Waals surface area contributed by atoms with Crippen LogP contribution in [-0.4, -0.2) is 58.0 Å². The fourth-order valence-electron chi connectivity index (χ4n) is 4.50. The summed E-state index contributed by atoms with van der Waals surface area (Å²) in [6.07, 6.45) is 1.46. The number of anilines is 1. The topological polar surface area (TPSA) is 102 Å². The van der Waals surface area contributed by atoms with Gasteiger partial charge in [0, 0.05) is 37.4 Å². The lowest BCUT2D eigenvalue weighted by atomic mass is 9.89. The first kappa shape index (κ1) is 24.7. The van der Waals surface area contributed by atoms with Crippen molar-refractivity contribution in [2.24, 2.45) is 0 Å². The molecule has 0 spiro atoms. The average Bonchev–Trinajstić information content (AvgIpc) is 3.28. The second-order valence-corrected chi connectivity index (χ2v) is 9.85. The zero-order valence-corrected chi connectivity index (χ0v) is 20.0. The van der Waals surface area contributed by atoms with Gasteiger partial charge in [0.2, 0.25) is 0 Å². The quantitative estimate of drug-likeness (QED) is 0.583. The number of urea groups is 1. The van der Waals surface area contributed by atoms with Gasteiger partial charge in [-0.05, 0) is 61.9 Å². The summed E-state index contributed by atoms with van der Waals surface area (Å²) in [7, 11) is 0. The van der Waals surface area contributed by atoms with E-state index < -0.39 is 17.4 Å². The molecule has 1 saturated heterocycles. The number of carbonyl (C=O) groups is 3. The molecule has 2 aromatic rings. The molecular formula is C26H31FN4O4. The summed E-state index contributed by atoms with van der Waals surface area (Å²) in [6, 6.07) is 12.2. The van der Waals surface area contributed by atoms with Crippen LogP contribution in [-0.2, 0) is 22.7 Å². The van der Waals surface area contributed by atoms with Crippen LogP contribution in [0.2, 0.25) is 0 Å². The van der Waals surface area contributed by atoms with Crippen molar-refractivity contribution >= 4 is 23.5 Å². The Morgan fingerprint density at radius 3 is 2.34 bits per heavy atom. The molecule has 9 heteroatoms. The Hall–Kier alpha value is -3.46. The van der Waals surface area contributed by atoms with Gasteiger partial charge in [-0.2, -0.15) is 0 Å². The molecule has 0 bridgehead atoms. The number of nitrogens with zero attached hydrogens (tertiary/aromatic N) is 2. The van der Waals surface area contributed by atoms with Gasteiger partial charge in [0.15, 0.2) is 0 Å². The van der Waals surface area contributed by atoms with Gasteiger partial charge in [-0.3, -0.25) is 9.59 Å². The van der Waals surface area contributed by atoms with Gasteiger partial charge < -0.3 is 25.5 Å². The number of rotatable bonds is 4. The van der Waals surface area contributed by atoms with E-state index in [-0.39, 0.29) is 30.9 Å². The van der Waals surface area contributed by atoms with E-state index in [4.69, 9.17) is 0 Å². The lowest BCUT2D eigenvalue weighted by Crippen LogP contribution is -2.48. The summed E-state index contributed by atoms with van der Waals surface area (Å²) in [5, 5.41) is 15.1. The average molecular weight is 483 g/mol. The maximum Gasteiger partial charge on any atom is 0.322 e. The molecule has 4 amide bonds. The summed E-state index contributed by atoms with van der Waals surface area (Å²) in [5.74, 6) is -1.31. The molecule has 2 aromatic carbocycles. The maximum atomic E-state index is 14.0. The number of nitrogens with one attached hydrogen (secondary N) is 2. The highest BCUT2D eigenvalue weighted by Gasteiger charge is 2.29. The molecule has 35 heavy (non-hydrogen) atoms. The SMILES string of the molecule is CC(C)(O)CNC(=O)C(=O)N1CCC(c2ccc(NC(=O)N3Cc4cccc(F)c4C3)cc2)CC1. The monoisotopic (exact) mass is 482 g/mol. The van der Waals surface area contributed by atoms with Crippen LogP contribution in [0, 0.1) is 5.82 Å². The number of benzene rings is 2. The number of fused-ring (bicyclic) bond motifs is 1. The number of halogens is 1. The highest BCUT2D eigenvalue weighted by atomic mass is 19.1. The molecule has 0 saturated carbocycles. The molecule has 4 rings (SSSR count). The van der Waals surface area contributed by atoms with Gasteiger partial charge >= 0.3 is 17.8 Å². The van der Waals surface area contributed by atoms with Crippen LogP contribution in [0.15, 0.2) is 42.5 Å². The van der Waals surface area contributed by atoms with Crippen LogP contribution in [0.25, 0.3) is 0 Å². The Morgan fingerprint density at radius 1 is 1.03 bits per heavy atom. The lowest BCUT2D eigenvalue weighted by molar-refractivity contribution is -0.147. The zero-order valence-electron chi connectivity index (χ0n) is 20.0. The second-order valence-electron chi connectivity index (χ2n) is 9.85. The van der Waals surface area contributed by atoms with Crippen molar-refractivity contribution < 1.29 is 23.9 Å². The van der Waals surface area contributed by atoms with E-state index in [0.717, 1.165) is 24.0 Å². The van der Waals surface area contributed by atoms with Gasteiger partial charge in [0.25, 0.3) is 0 Å². The van der Waals surface area contributed by atoms with E-state index in [9.17, 15) is 23.9 Å². The summed E-state index contributed by atoms with van der Waals surface area (Å²) in [4.78, 5) is 40.2. The summed E-state index contributed by atoms with van der Waals surface area (Å²) < 4.78 is 14.0. The number of amides is 4. The van der Waals surface area contributed by atoms with E-state index in [2.05, 4.69) is 10.6 Å². The van der Waals surface area contributed by atoms with E-state index in [1.807, 2.05) is 30.3 Å². The first-order chi connectivity index (χ1) is 16.6. The molecule has 0 aliphatic carbocycles. The second kappa shape index (κ2) is 10.0. The Bertz CT molecular complexity index is 1110. The number of likely N-dealkylation sites (tertiary alicyclic amines) is 1. The van der Waals surface area contributed by atoms with Gasteiger partial charge in [-0.15, -0.1) is 0 Å². The van der Waals surface area contributed by atoms with Crippen LogP contribution in [0.5, 0.6) is 0 Å². The molecule has 0 unspecified atom stereocenters. The number of carbonyl (C=O) groups excluding carboxylic acids is 3. The van der Waals surface area contributed by atoms with Crippen molar-refractivity contribution in [1.82, 2.24) is 15.1 Å². The molecular weight excluding hydrogens is 451 g/mol. The van der Waals surface area contributed by atoms with E-state index in [0.29, 0.717) is 30.9 Å². The van der Waals surface area contributed by atoms with Gasteiger partial charge in [-0.25, -0.2) is 9.18 Å². The minimum absolute atomic E-state index is 0.0124. The third-order valence-corrected chi connectivity index (χ3v) is 6.50. The Labute approximate surface area is 204 Å². The molecule has 0 atom stereocenters. The van der Waals surface area contributed by atoms with Crippen molar-refractivity contribution in [2.45, 2.75) is 51.3 Å². The first-order valence-electron chi connectivity index (χ1n) is 11.8. The van der Waals surface area contributed by atoms with Crippen molar-refractivity contribution in [2.75, 3.05) is 25.0 Å². The highest BCUT2D eigenvalue weighted by molar-refractivity contribution is 6.35. The number of aliphatic hydroxyl groups is 1. The van der Waals surface area contributed by atoms with E-state index >= 15 is 0 Å². The highest BCUT2D eigenvalue weighted by Crippen LogP contribution is 2.30. The fourth-order valence-corrected chi connectivity index (χ4v) is 4.50. The number of piperidine rings is 1. The van der Waals surface area contributed by atoms with Gasteiger partial charge in [0.1, 0.15) is 5.82 Å². The normalized spacial score (nSPS) is 16.1. The predicted molar refractivity (Wildman–Crippen MR) is 129 cm³/mol. The Balaban J connectivity index is 1.26. The predicted octanol–water partition coefficient (Wildman–Crippen LogP) is 2.97. The Kier molecular flexibility index (Phi) is 7.07. The molecule has 0 aromatic heterocycles. The molecule has 3 N–H and O–H groups in total. The minimum Gasteiger partial charge on any atom is -0.389 e. The third-order valence-electron chi connectivity index (χ3n) is 6.50. The smallest absolute Gasteiger partial charge is 0.322 e. The van der Waals surface area contributed by atoms with E-state index in [1.54, 1.807) is 29.7 Å². The van der Waals surface area contributed by atoms with Gasteiger partial charge in [0.05, 0.1) is 12.1 Å². The number of hydrogen-bond acceptors (Lipinski definition) is 4. The maximum absolute atomic E-state index is 14.0. The van der Waals surface area contributed by atoms with Crippen LogP contribution in [0.4, 0.5) is 14.9 Å². The van der Waals surface area contributed by atoms with Crippen molar-refractivity contribution in [3.05, 3.63) is 65.0 Å². The summed E-state index contributed by atoms with van der Waals surface area (Å²) >= 11 is 0. The molecule has 8 nitrogen and oxygen atoms in total. The van der Waals surface area contributed by atoms with Crippen LogP contribution in [0.1, 0.15) is 49.3 Å². The first-order valence-corrected chi connectivity index (χ1v) is 11.8.